The molecule has 126 valence electrons. The average molecular weight is 342 g/mol. The van der Waals surface area contributed by atoms with Crippen molar-refractivity contribution in [2.24, 2.45) is 0 Å². The summed E-state index contributed by atoms with van der Waals surface area (Å²) in [5.41, 5.74) is 0.201. The molecule has 0 spiro atoms. The maximum absolute atomic E-state index is 13.5. The minimum Gasteiger partial charge on any atom is -0.480 e. The van der Waals surface area contributed by atoms with Crippen LogP contribution in [0.1, 0.15) is 24.2 Å². The lowest BCUT2D eigenvalue weighted by molar-refractivity contribution is -0.141. The highest BCUT2D eigenvalue weighted by Crippen LogP contribution is 2.21. The Morgan fingerprint density at radius 3 is 2.57 bits per heavy atom. The van der Waals surface area contributed by atoms with E-state index in [2.05, 4.69) is 5.32 Å². The molecule has 0 heterocycles. The minimum absolute atomic E-state index is 0.0395. The third kappa shape index (κ3) is 5.24. The van der Waals surface area contributed by atoms with Crippen LogP contribution in [0.2, 0.25) is 0 Å². The van der Waals surface area contributed by atoms with Crippen molar-refractivity contribution in [1.29, 1.82) is 0 Å². The zero-order chi connectivity index (χ0) is 17.6. The molecule has 0 aliphatic rings. The topological polar surface area (TPSA) is 86.7 Å². The molecule has 0 aliphatic carbocycles. The van der Waals surface area contributed by atoms with Gasteiger partial charge in [0.25, 0.3) is 5.91 Å². The van der Waals surface area contributed by atoms with Crippen molar-refractivity contribution >= 4 is 29.5 Å². The van der Waals surface area contributed by atoms with Crippen LogP contribution in [-0.2, 0) is 9.59 Å². The highest BCUT2D eigenvalue weighted by atomic mass is 32.2. The highest BCUT2D eigenvalue weighted by molar-refractivity contribution is 7.98. The Morgan fingerprint density at radius 1 is 1.39 bits per heavy atom. The number of benzene rings is 1. The number of hydrogen-bond donors (Lipinski definition) is 2. The maximum Gasteiger partial charge on any atom is 0.326 e. The van der Waals surface area contributed by atoms with E-state index in [1.54, 1.807) is 6.26 Å². The normalized spacial score (nSPS) is 11.7. The van der Waals surface area contributed by atoms with Crippen molar-refractivity contribution in [3.05, 3.63) is 29.6 Å². The summed E-state index contributed by atoms with van der Waals surface area (Å²) in [6.45, 7) is 2.89. The van der Waals surface area contributed by atoms with E-state index in [1.807, 2.05) is 0 Å². The zero-order valence-electron chi connectivity index (χ0n) is 13.1. The molecule has 0 fully saturated rings. The largest absolute Gasteiger partial charge is 0.480 e. The van der Waals surface area contributed by atoms with Crippen LogP contribution in [0.5, 0.6) is 0 Å². The van der Waals surface area contributed by atoms with Crippen LogP contribution in [0, 0.1) is 5.82 Å². The fourth-order valence-electron chi connectivity index (χ4n) is 1.92. The van der Waals surface area contributed by atoms with E-state index in [1.165, 1.54) is 32.0 Å². The molecule has 23 heavy (non-hydrogen) atoms. The van der Waals surface area contributed by atoms with Crippen LogP contribution < -0.4 is 5.32 Å². The van der Waals surface area contributed by atoms with Crippen LogP contribution in [0.25, 0.3) is 0 Å². The monoisotopic (exact) mass is 342 g/mol. The number of rotatable bonds is 7. The Morgan fingerprint density at radius 2 is 2.04 bits per heavy atom. The number of amides is 2. The first-order valence-corrected chi connectivity index (χ1v) is 8.12. The molecule has 1 unspecified atom stereocenters. The van der Waals surface area contributed by atoms with Crippen molar-refractivity contribution in [1.82, 2.24) is 10.2 Å². The molecular formula is C15H19FN2O4S. The number of halogens is 1. The van der Waals surface area contributed by atoms with Crippen molar-refractivity contribution in [3.63, 3.8) is 0 Å². The van der Waals surface area contributed by atoms with Gasteiger partial charge in [0.05, 0.1) is 0 Å². The number of nitrogens with zero attached hydrogens (tertiary/aromatic N) is 1. The molecule has 1 aromatic carbocycles. The Hall–Kier alpha value is -2.09. The number of thioether (sulfide) groups is 1. The molecule has 6 nitrogen and oxygen atoms in total. The molecule has 0 saturated heterocycles. The van der Waals surface area contributed by atoms with E-state index in [9.17, 15) is 18.8 Å². The van der Waals surface area contributed by atoms with E-state index in [0.29, 0.717) is 4.90 Å². The maximum atomic E-state index is 13.5. The molecule has 0 bridgehead atoms. The highest BCUT2D eigenvalue weighted by Gasteiger charge is 2.26. The predicted octanol–water partition coefficient (Wildman–Crippen LogP) is 1.60. The molecule has 1 atom stereocenters. The summed E-state index contributed by atoms with van der Waals surface area (Å²) >= 11 is 1.16. The van der Waals surface area contributed by atoms with E-state index < -0.39 is 23.7 Å². The second-order valence-corrected chi connectivity index (χ2v) is 5.69. The van der Waals surface area contributed by atoms with Crippen LogP contribution in [0.3, 0.4) is 0 Å². The molecule has 8 heteroatoms. The van der Waals surface area contributed by atoms with Crippen LogP contribution in [0.4, 0.5) is 4.39 Å². The number of carboxylic acid groups (broad SMARTS) is 1. The summed E-state index contributed by atoms with van der Waals surface area (Å²) in [4.78, 5) is 36.1. The summed E-state index contributed by atoms with van der Waals surface area (Å²) in [6.07, 6.45) is 1.68. The lowest BCUT2D eigenvalue weighted by Crippen LogP contribution is -2.46. The summed E-state index contributed by atoms with van der Waals surface area (Å²) in [7, 11) is 0. The first-order chi connectivity index (χ1) is 10.8. The molecule has 1 rings (SSSR count). The van der Waals surface area contributed by atoms with Gasteiger partial charge in [-0.15, -0.1) is 11.8 Å². The molecule has 2 N–H and O–H groups in total. The fourth-order valence-corrected chi connectivity index (χ4v) is 2.42. The van der Waals surface area contributed by atoms with Gasteiger partial charge in [-0.25, -0.2) is 9.18 Å². The van der Waals surface area contributed by atoms with Gasteiger partial charge < -0.3 is 15.3 Å². The molecule has 0 aliphatic heterocycles. The van der Waals surface area contributed by atoms with Gasteiger partial charge in [0.15, 0.2) is 0 Å². The molecule has 0 radical (unpaired) electrons. The number of carbonyl (C=O) groups is 3. The second-order valence-electron chi connectivity index (χ2n) is 4.85. The smallest absolute Gasteiger partial charge is 0.326 e. The van der Waals surface area contributed by atoms with Crippen LogP contribution in [0.15, 0.2) is 23.1 Å². The SMILES string of the molecule is CSc1cc(C(=O)N(CCNC(C)=O)C(C)C(=O)O)ccc1F. The van der Waals surface area contributed by atoms with Gasteiger partial charge >= 0.3 is 5.97 Å². The van der Waals surface area contributed by atoms with Gasteiger partial charge in [-0.05, 0) is 31.4 Å². The Balaban J connectivity index is 3.02. The van der Waals surface area contributed by atoms with Gasteiger partial charge in [-0.3, -0.25) is 9.59 Å². The van der Waals surface area contributed by atoms with Gasteiger partial charge in [-0.2, -0.15) is 0 Å². The first-order valence-electron chi connectivity index (χ1n) is 6.89. The van der Waals surface area contributed by atoms with Crippen LogP contribution >= 0.6 is 11.8 Å². The van der Waals surface area contributed by atoms with Crippen molar-refractivity contribution in [3.8, 4) is 0 Å². The summed E-state index contributed by atoms with van der Waals surface area (Å²) in [5.74, 6) is -2.40. The standard InChI is InChI=1S/C15H19FN2O4S/c1-9(15(21)22)18(7-6-17-10(2)19)14(20)11-4-5-12(16)13(8-11)23-3/h4-5,8-9H,6-7H2,1-3H3,(H,17,19)(H,21,22). The van der Waals surface area contributed by atoms with Crippen molar-refractivity contribution in [2.45, 2.75) is 24.8 Å². The van der Waals surface area contributed by atoms with Gasteiger partial charge in [0, 0.05) is 30.5 Å². The average Bonchev–Trinajstić information content (AvgIpc) is 2.50. The Labute approximate surface area is 138 Å². The Bertz CT molecular complexity index is 609. The minimum atomic E-state index is -1.16. The molecular weight excluding hydrogens is 323 g/mol. The van der Waals surface area contributed by atoms with Crippen molar-refractivity contribution in [2.75, 3.05) is 19.3 Å². The van der Waals surface area contributed by atoms with E-state index in [0.717, 1.165) is 16.7 Å². The lowest BCUT2D eigenvalue weighted by atomic mass is 10.1. The number of carbonyl (C=O) groups excluding carboxylic acids is 2. The predicted molar refractivity (Wildman–Crippen MR) is 85.0 cm³/mol. The number of hydrogen-bond acceptors (Lipinski definition) is 4. The number of aliphatic carboxylic acids is 1. The first kappa shape index (κ1) is 19.0. The quantitative estimate of drug-likeness (QED) is 0.735. The van der Waals surface area contributed by atoms with E-state index in [-0.39, 0.29) is 24.6 Å². The molecule has 1 aromatic rings. The van der Waals surface area contributed by atoms with Gasteiger partial charge in [0.1, 0.15) is 11.9 Å². The van der Waals surface area contributed by atoms with Crippen LogP contribution in [-0.4, -0.2) is 53.2 Å². The molecule has 2 amide bonds. The van der Waals surface area contributed by atoms with Crippen molar-refractivity contribution < 1.29 is 23.9 Å². The second kappa shape index (κ2) is 8.52. The zero-order valence-corrected chi connectivity index (χ0v) is 13.9. The van der Waals surface area contributed by atoms with E-state index >= 15 is 0 Å². The molecule has 0 aromatic heterocycles. The third-order valence-electron chi connectivity index (χ3n) is 3.21. The lowest BCUT2D eigenvalue weighted by Gasteiger charge is -2.27. The third-order valence-corrected chi connectivity index (χ3v) is 3.96. The summed E-state index contributed by atoms with van der Waals surface area (Å²) in [5, 5.41) is 11.7. The fraction of sp³-hybridized carbons (Fsp3) is 0.400. The summed E-state index contributed by atoms with van der Waals surface area (Å²) in [6, 6.07) is 2.81. The summed E-state index contributed by atoms with van der Waals surface area (Å²) < 4.78 is 13.5. The van der Waals surface area contributed by atoms with Gasteiger partial charge in [0.2, 0.25) is 5.91 Å². The van der Waals surface area contributed by atoms with Gasteiger partial charge in [-0.1, -0.05) is 0 Å². The Kier molecular flexibility index (Phi) is 7.02. The number of carboxylic acids is 1. The number of nitrogens with one attached hydrogen (secondary N) is 1. The molecule has 0 saturated carbocycles. The van der Waals surface area contributed by atoms with E-state index in [4.69, 9.17) is 5.11 Å².